The molecule has 2 aromatic carbocycles. The lowest BCUT2D eigenvalue weighted by Crippen LogP contribution is -2.42. The van der Waals surface area contributed by atoms with Crippen molar-refractivity contribution < 1.29 is 13.0 Å². The SMILES string of the molecule is CC(C)(C)[S+]([O-])N[C@H]1CCCc2c1c1ccccc1n2S(=O)(=O)c1ccc(Cl)cc1. The summed E-state index contributed by atoms with van der Waals surface area (Å²) in [5.74, 6) is 0. The van der Waals surface area contributed by atoms with Gasteiger partial charge in [-0.25, -0.2) is 12.4 Å². The van der Waals surface area contributed by atoms with E-state index >= 15 is 0 Å². The largest absolute Gasteiger partial charge is 0.598 e. The fourth-order valence-electron chi connectivity index (χ4n) is 3.94. The van der Waals surface area contributed by atoms with Crippen LogP contribution < -0.4 is 4.72 Å². The number of fused-ring (bicyclic) bond motifs is 3. The van der Waals surface area contributed by atoms with Crippen LogP contribution in [0.3, 0.4) is 0 Å². The van der Waals surface area contributed by atoms with E-state index in [9.17, 15) is 13.0 Å². The molecule has 1 N–H and O–H groups in total. The summed E-state index contributed by atoms with van der Waals surface area (Å²) in [5, 5.41) is 1.37. The number of benzene rings is 2. The molecule has 1 unspecified atom stereocenters. The van der Waals surface area contributed by atoms with Crippen LogP contribution in [0.5, 0.6) is 0 Å². The number of aromatic nitrogens is 1. The van der Waals surface area contributed by atoms with Gasteiger partial charge in [-0.05, 0) is 70.4 Å². The Bertz CT molecular complexity index is 1180. The number of para-hydroxylation sites is 1. The predicted octanol–water partition coefficient (Wildman–Crippen LogP) is 4.96. The van der Waals surface area contributed by atoms with E-state index < -0.39 is 26.1 Å². The van der Waals surface area contributed by atoms with E-state index in [1.54, 1.807) is 12.1 Å². The molecule has 0 aliphatic heterocycles. The summed E-state index contributed by atoms with van der Waals surface area (Å²) in [7, 11) is -3.81. The maximum Gasteiger partial charge on any atom is 0.268 e. The molecule has 30 heavy (non-hydrogen) atoms. The molecule has 0 spiro atoms. The van der Waals surface area contributed by atoms with Gasteiger partial charge in [0.15, 0.2) is 0 Å². The Morgan fingerprint density at radius 3 is 2.47 bits per heavy atom. The van der Waals surface area contributed by atoms with Crippen molar-refractivity contribution in [2.75, 3.05) is 0 Å². The van der Waals surface area contributed by atoms with Crippen LogP contribution in [0, 0.1) is 0 Å². The summed E-state index contributed by atoms with van der Waals surface area (Å²) in [5.41, 5.74) is 2.35. The number of nitrogens with zero attached hydrogens (tertiary/aromatic N) is 1. The van der Waals surface area contributed by atoms with E-state index in [1.165, 1.54) is 16.1 Å². The van der Waals surface area contributed by atoms with Gasteiger partial charge in [-0.3, -0.25) is 0 Å². The molecule has 1 heterocycles. The van der Waals surface area contributed by atoms with Gasteiger partial charge < -0.3 is 4.55 Å². The normalized spacial score (nSPS) is 18.4. The smallest absolute Gasteiger partial charge is 0.268 e. The van der Waals surface area contributed by atoms with Crippen molar-refractivity contribution in [2.45, 2.75) is 55.7 Å². The number of rotatable bonds is 4. The van der Waals surface area contributed by atoms with Gasteiger partial charge in [0, 0.05) is 33.0 Å². The third-order valence-corrected chi connectivity index (χ3v) is 9.01. The molecule has 8 heteroatoms. The molecular weight excluding hydrogens is 440 g/mol. The molecule has 1 aliphatic carbocycles. The average molecular weight is 465 g/mol. The highest BCUT2D eigenvalue weighted by Gasteiger charge is 2.36. The number of halogens is 1. The standard InChI is InChI=1S/C22H25ClN2O3S2/c1-22(2,3)29(26)24-18-8-6-10-20-21(18)17-7-4-5-9-19(17)25(20)30(27,28)16-13-11-15(23)12-14-16/h4-5,7,9,11-14,18,24H,6,8,10H2,1-3H3/t18-,29?/m0/s1. The minimum absolute atomic E-state index is 0.166. The predicted molar refractivity (Wildman–Crippen MR) is 123 cm³/mol. The molecule has 160 valence electrons. The molecule has 0 saturated heterocycles. The topological polar surface area (TPSA) is 74.2 Å². The van der Waals surface area contributed by atoms with Crippen LogP contribution in [-0.4, -0.2) is 21.7 Å². The second-order valence-corrected chi connectivity index (χ2v) is 12.8. The Morgan fingerprint density at radius 2 is 1.80 bits per heavy atom. The maximum atomic E-state index is 13.6. The third-order valence-electron chi connectivity index (χ3n) is 5.38. The summed E-state index contributed by atoms with van der Waals surface area (Å²) >= 11 is 4.70. The molecule has 0 bridgehead atoms. The van der Waals surface area contributed by atoms with Gasteiger partial charge in [-0.15, -0.1) is 4.72 Å². The van der Waals surface area contributed by atoms with Crippen molar-refractivity contribution in [1.29, 1.82) is 0 Å². The first-order chi connectivity index (χ1) is 14.1. The van der Waals surface area contributed by atoms with Gasteiger partial charge in [0.05, 0.1) is 16.5 Å². The van der Waals surface area contributed by atoms with Crippen molar-refractivity contribution in [1.82, 2.24) is 8.69 Å². The van der Waals surface area contributed by atoms with E-state index in [0.717, 1.165) is 29.5 Å². The lowest BCUT2D eigenvalue weighted by Gasteiger charge is -2.30. The van der Waals surface area contributed by atoms with E-state index in [0.29, 0.717) is 17.0 Å². The Kier molecular flexibility index (Phi) is 5.70. The van der Waals surface area contributed by atoms with E-state index in [-0.39, 0.29) is 10.9 Å². The van der Waals surface area contributed by atoms with Crippen molar-refractivity contribution in [3.8, 4) is 0 Å². The molecule has 0 amide bonds. The quantitative estimate of drug-likeness (QED) is 0.553. The first-order valence-electron chi connectivity index (χ1n) is 9.92. The maximum absolute atomic E-state index is 13.6. The molecule has 3 aromatic rings. The van der Waals surface area contributed by atoms with Crippen LogP contribution >= 0.6 is 11.6 Å². The minimum Gasteiger partial charge on any atom is -0.598 e. The molecular formula is C22H25ClN2O3S2. The Labute approximate surface area is 185 Å². The lowest BCUT2D eigenvalue weighted by atomic mass is 9.91. The number of nitrogens with one attached hydrogen (secondary N) is 1. The van der Waals surface area contributed by atoms with Crippen LogP contribution in [0.25, 0.3) is 10.9 Å². The average Bonchev–Trinajstić information content (AvgIpc) is 3.03. The van der Waals surface area contributed by atoms with Gasteiger partial charge in [-0.2, -0.15) is 0 Å². The molecule has 1 aliphatic rings. The van der Waals surface area contributed by atoms with E-state index in [2.05, 4.69) is 4.72 Å². The third kappa shape index (κ3) is 3.78. The van der Waals surface area contributed by atoms with Gasteiger partial charge in [0.25, 0.3) is 10.0 Å². The van der Waals surface area contributed by atoms with Crippen LogP contribution in [-0.2, 0) is 27.8 Å². The van der Waals surface area contributed by atoms with Crippen LogP contribution in [0.15, 0.2) is 53.4 Å². The molecule has 0 radical (unpaired) electrons. The van der Waals surface area contributed by atoms with Crippen molar-refractivity contribution in [3.05, 3.63) is 64.8 Å². The zero-order valence-electron chi connectivity index (χ0n) is 17.2. The highest BCUT2D eigenvalue weighted by Crippen LogP contribution is 2.40. The van der Waals surface area contributed by atoms with Gasteiger partial charge in [-0.1, -0.05) is 29.8 Å². The highest BCUT2D eigenvalue weighted by atomic mass is 35.5. The van der Waals surface area contributed by atoms with Gasteiger partial charge >= 0.3 is 0 Å². The van der Waals surface area contributed by atoms with Crippen LogP contribution in [0.1, 0.15) is 50.9 Å². The zero-order valence-corrected chi connectivity index (χ0v) is 19.6. The van der Waals surface area contributed by atoms with Gasteiger partial charge in [0.1, 0.15) is 4.75 Å². The summed E-state index contributed by atoms with van der Waals surface area (Å²) in [6.45, 7) is 5.77. The zero-order chi connectivity index (χ0) is 21.7. The van der Waals surface area contributed by atoms with E-state index in [4.69, 9.17) is 11.6 Å². The second-order valence-electron chi connectivity index (χ2n) is 8.54. The molecule has 5 nitrogen and oxygen atoms in total. The Hall–Kier alpha value is -1.51. The van der Waals surface area contributed by atoms with Crippen LogP contribution in [0.2, 0.25) is 5.02 Å². The highest BCUT2D eigenvalue weighted by molar-refractivity contribution is 7.91. The fraction of sp³-hybridized carbons (Fsp3) is 0.364. The second kappa shape index (κ2) is 7.88. The van der Waals surface area contributed by atoms with Crippen molar-refractivity contribution in [3.63, 3.8) is 0 Å². The number of hydrogen-bond donors (Lipinski definition) is 1. The Balaban J connectivity index is 1.91. The number of hydrogen-bond acceptors (Lipinski definition) is 4. The summed E-state index contributed by atoms with van der Waals surface area (Å²) in [6, 6.07) is 13.6. The molecule has 0 saturated carbocycles. The molecule has 2 atom stereocenters. The Morgan fingerprint density at radius 1 is 1.13 bits per heavy atom. The summed E-state index contributed by atoms with van der Waals surface area (Å²) in [6.07, 6.45) is 2.28. The molecule has 0 fully saturated rings. The first kappa shape index (κ1) is 21.7. The molecule has 4 rings (SSSR count). The van der Waals surface area contributed by atoms with Crippen LogP contribution in [0.4, 0.5) is 0 Å². The van der Waals surface area contributed by atoms with Crippen molar-refractivity contribution >= 4 is 43.9 Å². The van der Waals surface area contributed by atoms with Crippen molar-refractivity contribution in [2.24, 2.45) is 0 Å². The summed E-state index contributed by atoms with van der Waals surface area (Å²) < 4.78 is 44.4. The van der Waals surface area contributed by atoms with E-state index in [1.807, 2.05) is 45.0 Å². The summed E-state index contributed by atoms with van der Waals surface area (Å²) in [4.78, 5) is 0.198. The fourth-order valence-corrected chi connectivity index (χ4v) is 6.50. The lowest BCUT2D eigenvalue weighted by molar-refractivity contribution is 0.488. The first-order valence-corrected chi connectivity index (χ1v) is 12.9. The molecule has 1 aromatic heterocycles. The van der Waals surface area contributed by atoms with Gasteiger partial charge in [0.2, 0.25) is 0 Å². The minimum atomic E-state index is -3.81. The monoisotopic (exact) mass is 464 g/mol.